The third kappa shape index (κ3) is 14.0. The molecule has 26 rings (SSSR count). The van der Waals surface area contributed by atoms with E-state index in [2.05, 4.69) is 522 Å². The van der Waals surface area contributed by atoms with Gasteiger partial charge in [-0.1, -0.05) is 461 Å². The second kappa shape index (κ2) is 33.6. The predicted octanol–water partition coefficient (Wildman–Crippen LogP) is 37.7. The Balaban J connectivity index is 0.000000149. The van der Waals surface area contributed by atoms with Crippen molar-refractivity contribution in [3.8, 4) is 145 Å². The van der Waals surface area contributed by atoms with Gasteiger partial charge in [-0.15, -0.1) is 0 Å². The number of benzene rings is 26. The van der Waals surface area contributed by atoms with Gasteiger partial charge in [-0.05, 0) is 324 Å². The highest BCUT2D eigenvalue weighted by molar-refractivity contribution is 6.31. The fraction of sp³-hybridized carbons (Fsp3) is 0. The average molecular weight is 1700 g/mol. The summed E-state index contributed by atoms with van der Waals surface area (Å²) in [6.45, 7) is 0. The number of hydrogen-bond acceptors (Lipinski definition) is 0. The summed E-state index contributed by atoms with van der Waals surface area (Å²) in [5, 5.41) is 27.2. The standard InChI is InChI=1S/C76H48.C58H38/c1-3-19-49(20-4-1)55-41-42-67-69(46-55)74(59-32-16-30-57(45-59)64-38-18-28-52-23-10-12-34-62(52)64)72-48-70-68(47-71(72)73(67)58-31-15-29-56(44-58)63-37-17-27-51-22-9-11-33-61(51)63)65-35-13-14-36-66(65)76(75(70)53-24-5-2-6-25-53)60-40-39-50-21-7-8-26-54(50)43-60;1-5-15-39(16-6-1)42-25-29-45(30-26-42)57-49-23-13-14-24-50(49)58(46-31-27-43(28-32-46)40-17-7-2-8-18-40)56-38-54-52-35-47(41-19-9-3-10-20-41)33-34-48(52)36-51(53(54)37-55(56)57)44-21-11-4-12-22-44/h1-48H;1-38H. The second-order valence-electron chi connectivity index (χ2n) is 35.5. The molecule has 0 aromatic heterocycles. The van der Waals surface area contributed by atoms with Crippen molar-refractivity contribution in [3.05, 3.63) is 522 Å². The fourth-order valence-electron chi connectivity index (χ4n) is 21.6. The maximum Gasteiger partial charge on any atom is -0.00201 e. The molecule has 0 unspecified atom stereocenters. The molecule has 0 bridgehead atoms. The quantitative estimate of drug-likeness (QED) is 0.0797. The van der Waals surface area contributed by atoms with Crippen LogP contribution in [0.4, 0.5) is 0 Å². The molecular formula is C134H86. The first-order valence-electron chi connectivity index (χ1n) is 46.5. The molecule has 0 fully saturated rings. The first-order valence-corrected chi connectivity index (χ1v) is 46.5. The van der Waals surface area contributed by atoms with E-state index in [0.29, 0.717) is 0 Å². The summed E-state index contributed by atoms with van der Waals surface area (Å²) in [6, 6.07) is 193. The monoisotopic (exact) mass is 1690 g/mol. The van der Waals surface area contributed by atoms with E-state index >= 15 is 0 Å². The van der Waals surface area contributed by atoms with Crippen LogP contribution in [0.3, 0.4) is 0 Å². The molecule has 134 heavy (non-hydrogen) atoms. The molecule has 0 saturated carbocycles. The van der Waals surface area contributed by atoms with Gasteiger partial charge in [0.25, 0.3) is 0 Å². The molecule has 26 aromatic rings. The SMILES string of the molecule is c1ccc(-c2ccc(-c3c4ccccc4c(-c4ccc(-c5ccccc5)cc4)c4cc5c(cc34)c(-c3ccccc3)cc3ccc(-c4ccccc4)cc35)cc2)cc1.c1ccc(-c2ccc3c(-c4cccc(-c5cccc6ccccc56)c4)c4cc5c(cc4c(-c4cccc(-c6cccc7ccccc67)c4)c3c2)c(-c2ccccc2)c(-c2ccc3ccccc3c2)c2ccccc25)cc1. The summed E-state index contributed by atoms with van der Waals surface area (Å²) < 4.78 is 0. The first-order chi connectivity index (χ1) is 66.5. The zero-order valence-electron chi connectivity index (χ0n) is 73.7. The van der Waals surface area contributed by atoms with Crippen LogP contribution in [0.25, 0.3) is 263 Å². The van der Waals surface area contributed by atoms with E-state index in [-0.39, 0.29) is 0 Å². The van der Waals surface area contributed by atoms with E-state index in [1.54, 1.807) is 0 Å². The third-order valence-electron chi connectivity index (χ3n) is 27.8. The van der Waals surface area contributed by atoms with Gasteiger partial charge in [0.2, 0.25) is 0 Å². The van der Waals surface area contributed by atoms with E-state index in [1.165, 1.54) is 263 Å². The van der Waals surface area contributed by atoms with Gasteiger partial charge in [0.15, 0.2) is 0 Å². The predicted molar refractivity (Wildman–Crippen MR) is 576 cm³/mol. The molecule has 26 aromatic carbocycles. The summed E-state index contributed by atoms with van der Waals surface area (Å²) in [4.78, 5) is 0. The number of rotatable bonds is 13. The van der Waals surface area contributed by atoms with Crippen LogP contribution in [0.15, 0.2) is 522 Å². The maximum absolute atomic E-state index is 2.57. The van der Waals surface area contributed by atoms with E-state index in [4.69, 9.17) is 0 Å². The minimum Gasteiger partial charge on any atom is -0.0622 e. The molecule has 0 aliphatic carbocycles. The number of fused-ring (bicyclic) bond motifs is 13. The van der Waals surface area contributed by atoms with Gasteiger partial charge in [0.1, 0.15) is 0 Å². The zero-order valence-corrected chi connectivity index (χ0v) is 73.7. The van der Waals surface area contributed by atoms with Gasteiger partial charge in [0, 0.05) is 0 Å². The normalized spacial score (nSPS) is 11.6. The molecule has 0 atom stereocenters. The number of hydrogen-bond donors (Lipinski definition) is 0. The minimum absolute atomic E-state index is 1.18. The van der Waals surface area contributed by atoms with Crippen LogP contribution >= 0.6 is 0 Å². The average Bonchev–Trinajstić information content (AvgIpc) is 0.697. The van der Waals surface area contributed by atoms with Gasteiger partial charge < -0.3 is 0 Å². The summed E-state index contributed by atoms with van der Waals surface area (Å²) in [7, 11) is 0. The smallest absolute Gasteiger partial charge is 0.00201 e. The Labute approximate surface area is 779 Å². The molecule has 0 spiro atoms. The Kier molecular flexibility index (Phi) is 19.7. The lowest BCUT2D eigenvalue weighted by molar-refractivity contribution is 1.60. The van der Waals surface area contributed by atoms with Crippen LogP contribution < -0.4 is 0 Å². The highest BCUT2D eigenvalue weighted by Crippen LogP contribution is 2.54. The minimum atomic E-state index is 1.18. The molecule has 0 amide bonds. The Morgan fingerprint density at radius 1 is 0.0746 bits per heavy atom. The van der Waals surface area contributed by atoms with E-state index in [0.717, 1.165) is 0 Å². The van der Waals surface area contributed by atoms with Gasteiger partial charge in [0.05, 0.1) is 0 Å². The van der Waals surface area contributed by atoms with Gasteiger partial charge in [-0.25, -0.2) is 0 Å². The Hall–Kier alpha value is -17.4. The second-order valence-corrected chi connectivity index (χ2v) is 35.5. The van der Waals surface area contributed by atoms with Crippen molar-refractivity contribution < 1.29 is 0 Å². The van der Waals surface area contributed by atoms with Crippen molar-refractivity contribution in [1.29, 1.82) is 0 Å². The van der Waals surface area contributed by atoms with E-state index in [9.17, 15) is 0 Å². The lowest BCUT2D eigenvalue weighted by Crippen LogP contribution is -1.96. The molecule has 0 saturated heterocycles. The van der Waals surface area contributed by atoms with Crippen LogP contribution in [-0.4, -0.2) is 0 Å². The van der Waals surface area contributed by atoms with Crippen LogP contribution in [0, 0.1) is 0 Å². The molecule has 0 aliphatic heterocycles. The van der Waals surface area contributed by atoms with E-state index in [1.807, 2.05) is 0 Å². The van der Waals surface area contributed by atoms with Crippen molar-refractivity contribution in [2.45, 2.75) is 0 Å². The van der Waals surface area contributed by atoms with Crippen molar-refractivity contribution in [2.24, 2.45) is 0 Å². The summed E-state index contributed by atoms with van der Waals surface area (Å²) in [6.07, 6.45) is 0. The molecule has 622 valence electrons. The highest BCUT2D eigenvalue weighted by atomic mass is 14.3. The Morgan fingerprint density at radius 2 is 0.343 bits per heavy atom. The van der Waals surface area contributed by atoms with Gasteiger partial charge in [-0.2, -0.15) is 0 Å². The topological polar surface area (TPSA) is 0 Å². The van der Waals surface area contributed by atoms with Gasteiger partial charge >= 0.3 is 0 Å². The Morgan fingerprint density at radius 3 is 0.851 bits per heavy atom. The first kappa shape index (κ1) is 78.8. The third-order valence-corrected chi connectivity index (χ3v) is 27.8. The summed E-state index contributed by atoms with van der Waals surface area (Å²) in [5.41, 5.74) is 31.6. The molecular weight excluding hydrogens is 1610 g/mol. The van der Waals surface area contributed by atoms with Crippen LogP contribution in [0.1, 0.15) is 0 Å². The van der Waals surface area contributed by atoms with Crippen molar-refractivity contribution in [3.63, 3.8) is 0 Å². The zero-order chi connectivity index (χ0) is 88.5. The van der Waals surface area contributed by atoms with Crippen molar-refractivity contribution >= 4 is 118 Å². The van der Waals surface area contributed by atoms with Gasteiger partial charge in [-0.3, -0.25) is 0 Å². The fourth-order valence-corrected chi connectivity index (χ4v) is 21.6. The van der Waals surface area contributed by atoms with Crippen molar-refractivity contribution in [1.82, 2.24) is 0 Å². The molecule has 0 heterocycles. The maximum atomic E-state index is 2.57. The Bertz CT molecular complexity index is 9090. The van der Waals surface area contributed by atoms with Crippen LogP contribution in [0.2, 0.25) is 0 Å². The van der Waals surface area contributed by atoms with E-state index < -0.39 is 0 Å². The van der Waals surface area contributed by atoms with Crippen LogP contribution in [-0.2, 0) is 0 Å². The summed E-state index contributed by atoms with van der Waals surface area (Å²) >= 11 is 0. The molecule has 0 N–H and O–H groups in total. The summed E-state index contributed by atoms with van der Waals surface area (Å²) in [5.74, 6) is 0. The largest absolute Gasteiger partial charge is 0.0622 e. The highest BCUT2D eigenvalue weighted by Gasteiger charge is 2.27. The molecule has 0 heteroatoms. The van der Waals surface area contributed by atoms with Crippen LogP contribution in [0.5, 0.6) is 0 Å². The molecule has 0 nitrogen and oxygen atoms in total. The van der Waals surface area contributed by atoms with Crippen molar-refractivity contribution in [2.75, 3.05) is 0 Å². The molecule has 0 aliphatic rings. The lowest BCUT2D eigenvalue weighted by Gasteiger charge is -2.23. The lowest BCUT2D eigenvalue weighted by atomic mass is 9.80. The molecule has 0 radical (unpaired) electrons.